The van der Waals surface area contributed by atoms with Gasteiger partial charge in [0.05, 0.1) is 0 Å². The van der Waals surface area contributed by atoms with Crippen LogP contribution in [0, 0.1) is 6.92 Å². The first-order chi connectivity index (χ1) is 12.2. The highest BCUT2D eigenvalue weighted by atomic mass is 28.3. The summed E-state index contributed by atoms with van der Waals surface area (Å²) in [7, 11) is 0.417. The van der Waals surface area contributed by atoms with Crippen molar-refractivity contribution >= 4 is 24.1 Å². The predicted octanol–water partition coefficient (Wildman–Crippen LogP) is 4.03. The van der Waals surface area contributed by atoms with Crippen LogP contribution in [-0.2, 0) is 5.41 Å². The molecule has 2 aliphatic rings. The molecular formula is C23H30N2Si. The van der Waals surface area contributed by atoms with Crippen LogP contribution in [0.25, 0.3) is 0 Å². The van der Waals surface area contributed by atoms with Crippen molar-refractivity contribution in [3.05, 3.63) is 65.5 Å². The van der Waals surface area contributed by atoms with E-state index in [2.05, 4.69) is 106 Å². The minimum Gasteiger partial charge on any atom is -0.359 e. The normalized spacial score (nSPS) is 22.3. The number of aryl methyl sites for hydroxylation is 1. The number of benzene rings is 2. The molecule has 1 atom stereocenters. The van der Waals surface area contributed by atoms with Crippen LogP contribution in [0.5, 0.6) is 0 Å². The molecule has 2 heterocycles. The Morgan fingerprint density at radius 2 is 1.65 bits per heavy atom. The lowest BCUT2D eigenvalue weighted by molar-refractivity contribution is 0.383. The van der Waals surface area contributed by atoms with Gasteiger partial charge in [0.25, 0.3) is 0 Å². The molecule has 0 bridgehead atoms. The van der Waals surface area contributed by atoms with Crippen molar-refractivity contribution in [3.63, 3.8) is 0 Å². The minimum atomic E-state index is -1.73. The van der Waals surface area contributed by atoms with E-state index in [0.29, 0.717) is 6.17 Å². The number of hydrogen-bond acceptors (Lipinski definition) is 2. The molecule has 0 amide bonds. The van der Waals surface area contributed by atoms with Gasteiger partial charge in [-0.2, -0.15) is 0 Å². The molecule has 2 aromatic carbocycles. The summed E-state index contributed by atoms with van der Waals surface area (Å²) in [6, 6.07) is 14.1. The molecule has 0 saturated carbocycles. The van der Waals surface area contributed by atoms with E-state index < -0.39 is 8.07 Å². The SMILES string of the molecule is Cc1cc2c(cc1N1C=CN(C)[C@@H]1C)[Si](C)(C)c1ccccc1C2(C)C. The molecule has 2 aromatic rings. The zero-order valence-electron chi connectivity index (χ0n) is 17.1. The van der Waals surface area contributed by atoms with Crippen molar-refractivity contribution < 1.29 is 0 Å². The van der Waals surface area contributed by atoms with Crippen LogP contribution < -0.4 is 15.3 Å². The van der Waals surface area contributed by atoms with Crippen molar-refractivity contribution in [2.45, 2.75) is 52.4 Å². The molecule has 0 N–H and O–H groups in total. The van der Waals surface area contributed by atoms with Crippen LogP contribution in [0.1, 0.15) is 37.5 Å². The molecule has 0 aromatic heterocycles. The summed E-state index contributed by atoms with van der Waals surface area (Å²) in [4.78, 5) is 4.67. The van der Waals surface area contributed by atoms with Gasteiger partial charge < -0.3 is 9.80 Å². The lowest BCUT2D eigenvalue weighted by Gasteiger charge is -2.44. The summed E-state index contributed by atoms with van der Waals surface area (Å²) in [5.41, 5.74) is 5.82. The Morgan fingerprint density at radius 3 is 2.31 bits per heavy atom. The Balaban J connectivity index is 1.95. The highest BCUT2D eigenvalue weighted by molar-refractivity contribution is 7.01. The molecule has 0 unspecified atom stereocenters. The summed E-state index contributed by atoms with van der Waals surface area (Å²) < 4.78 is 0. The number of rotatable bonds is 1. The van der Waals surface area contributed by atoms with E-state index in [1.807, 2.05) is 0 Å². The lowest BCUT2D eigenvalue weighted by atomic mass is 9.77. The van der Waals surface area contributed by atoms with Gasteiger partial charge in [0.15, 0.2) is 0 Å². The van der Waals surface area contributed by atoms with Crippen LogP contribution in [-0.4, -0.2) is 26.2 Å². The largest absolute Gasteiger partial charge is 0.359 e. The monoisotopic (exact) mass is 362 g/mol. The molecule has 2 aliphatic heterocycles. The zero-order valence-corrected chi connectivity index (χ0v) is 18.1. The number of anilines is 1. The Bertz CT molecular complexity index is 910. The highest BCUT2D eigenvalue weighted by Gasteiger charge is 2.43. The van der Waals surface area contributed by atoms with Crippen LogP contribution in [0.3, 0.4) is 0 Å². The zero-order chi connectivity index (χ0) is 18.9. The van der Waals surface area contributed by atoms with Gasteiger partial charge in [-0.15, -0.1) is 0 Å². The summed E-state index contributed by atoms with van der Waals surface area (Å²) in [5, 5.41) is 3.19. The van der Waals surface area contributed by atoms with Crippen LogP contribution in [0.4, 0.5) is 5.69 Å². The molecule has 3 heteroatoms. The second-order valence-electron chi connectivity index (χ2n) is 8.98. The molecule has 0 aliphatic carbocycles. The Morgan fingerprint density at radius 1 is 0.962 bits per heavy atom. The van der Waals surface area contributed by atoms with E-state index in [0.717, 1.165) is 0 Å². The molecule has 136 valence electrons. The van der Waals surface area contributed by atoms with Gasteiger partial charge in [-0.1, -0.05) is 62.5 Å². The average molecular weight is 363 g/mol. The summed E-state index contributed by atoms with van der Waals surface area (Å²) in [6.45, 7) is 14.3. The molecule has 0 fully saturated rings. The molecular weight excluding hydrogens is 332 g/mol. The summed E-state index contributed by atoms with van der Waals surface area (Å²) in [5.74, 6) is 0. The van der Waals surface area contributed by atoms with Gasteiger partial charge in [0, 0.05) is 30.5 Å². The van der Waals surface area contributed by atoms with Crippen LogP contribution in [0.2, 0.25) is 13.1 Å². The van der Waals surface area contributed by atoms with Crippen LogP contribution in [0.15, 0.2) is 48.8 Å². The maximum Gasteiger partial charge on any atom is 0.113 e. The number of hydrogen-bond donors (Lipinski definition) is 0. The first kappa shape index (κ1) is 17.4. The first-order valence-electron chi connectivity index (χ1n) is 9.60. The molecule has 4 rings (SSSR count). The highest BCUT2D eigenvalue weighted by Crippen LogP contribution is 2.38. The number of fused-ring (bicyclic) bond motifs is 2. The van der Waals surface area contributed by atoms with Gasteiger partial charge >= 0.3 is 0 Å². The van der Waals surface area contributed by atoms with Crippen molar-refractivity contribution in [3.8, 4) is 0 Å². The van der Waals surface area contributed by atoms with E-state index >= 15 is 0 Å². The maximum atomic E-state index is 2.51. The van der Waals surface area contributed by atoms with E-state index in [4.69, 9.17) is 0 Å². The van der Waals surface area contributed by atoms with Gasteiger partial charge in [0.1, 0.15) is 14.2 Å². The van der Waals surface area contributed by atoms with E-state index in [9.17, 15) is 0 Å². The fourth-order valence-electron chi connectivity index (χ4n) is 4.78. The lowest BCUT2D eigenvalue weighted by Crippen LogP contribution is -2.62. The molecule has 0 spiro atoms. The second-order valence-corrected chi connectivity index (χ2v) is 13.3. The Hall–Kier alpha value is -2.00. The third-order valence-electron chi connectivity index (χ3n) is 6.69. The third-order valence-corrected chi connectivity index (χ3v) is 10.2. The van der Waals surface area contributed by atoms with E-state index in [1.54, 1.807) is 10.4 Å². The van der Waals surface area contributed by atoms with Crippen molar-refractivity contribution in [1.29, 1.82) is 0 Å². The van der Waals surface area contributed by atoms with Gasteiger partial charge in [-0.05, 0) is 41.8 Å². The van der Waals surface area contributed by atoms with Crippen LogP contribution >= 0.6 is 0 Å². The Kier molecular flexibility index (Phi) is 3.68. The van der Waals surface area contributed by atoms with Gasteiger partial charge in [-0.3, -0.25) is 0 Å². The topological polar surface area (TPSA) is 6.48 Å². The third kappa shape index (κ3) is 2.23. The van der Waals surface area contributed by atoms with E-state index in [-0.39, 0.29) is 5.41 Å². The first-order valence-corrected chi connectivity index (χ1v) is 12.6. The minimum absolute atomic E-state index is 0.0565. The molecule has 26 heavy (non-hydrogen) atoms. The standard InChI is InChI=1S/C23H30N2Si/c1-16-14-19-22(15-20(16)25-13-12-24(5)17(25)2)26(6,7)21-11-9-8-10-18(21)23(19,3)4/h8-15,17H,1-7H3/t17-/m0/s1. The average Bonchev–Trinajstić information content (AvgIpc) is 2.93. The van der Waals surface area contributed by atoms with E-state index in [1.165, 1.54) is 22.4 Å². The van der Waals surface area contributed by atoms with Gasteiger partial charge in [0.2, 0.25) is 0 Å². The quantitative estimate of drug-likeness (QED) is 0.707. The summed E-state index contributed by atoms with van der Waals surface area (Å²) in [6.07, 6.45) is 4.75. The van der Waals surface area contributed by atoms with Crippen molar-refractivity contribution in [2.75, 3.05) is 11.9 Å². The molecule has 2 nitrogen and oxygen atoms in total. The second kappa shape index (κ2) is 5.50. The molecule has 0 radical (unpaired) electrons. The smallest absolute Gasteiger partial charge is 0.113 e. The maximum absolute atomic E-state index is 2.51. The van der Waals surface area contributed by atoms with Crippen molar-refractivity contribution in [1.82, 2.24) is 4.90 Å². The molecule has 0 saturated heterocycles. The Labute approximate surface area is 159 Å². The van der Waals surface area contributed by atoms with Crippen molar-refractivity contribution in [2.24, 2.45) is 0 Å². The fourth-order valence-corrected chi connectivity index (χ4v) is 8.20. The summed E-state index contributed by atoms with van der Waals surface area (Å²) >= 11 is 0. The van der Waals surface area contributed by atoms with Gasteiger partial charge in [-0.25, -0.2) is 0 Å². The fraction of sp³-hybridized carbons (Fsp3) is 0.391. The predicted molar refractivity (Wildman–Crippen MR) is 115 cm³/mol. The number of nitrogens with zero attached hydrogens (tertiary/aromatic N) is 2.